The van der Waals surface area contributed by atoms with Gasteiger partial charge in [-0.25, -0.2) is 9.07 Å². The Labute approximate surface area is 293 Å². The van der Waals surface area contributed by atoms with Crippen molar-refractivity contribution in [2.75, 3.05) is 26.3 Å². The lowest BCUT2D eigenvalue weighted by molar-refractivity contribution is -0.137. The Kier molecular flexibility index (Phi) is 8.21. The third kappa shape index (κ3) is 5.78. The minimum Gasteiger partial charge on any atom is -0.471 e. The van der Waals surface area contributed by atoms with Crippen LogP contribution in [0.15, 0.2) is 24.5 Å². The monoisotopic (exact) mass is 709 g/mol. The highest BCUT2D eigenvalue weighted by Crippen LogP contribution is 2.48. The molecule has 5 aromatic rings. The van der Waals surface area contributed by atoms with Gasteiger partial charge in [0, 0.05) is 48.6 Å². The van der Waals surface area contributed by atoms with Crippen molar-refractivity contribution in [1.82, 2.24) is 34.2 Å². The van der Waals surface area contributed by atoms with Crippen molar-refractivity contribution < 1.29 is 31.8 Å². The summed E-state index contributed by atoms with van der Waals surface area (Å²) < 4.78 is 82.2. The van der Waals surface area contributed by atoms with Crippen LogP contribution in [0.3, 0.4) is 0 Å². The SMILES string of the molecule is CCn1c2nc(OC[C@@]34CCCN3C[C@H](F)C4)nc(OC(C)(C)C)c2c2ccnc(-c3c(C(F)(F)F)c(C)cc4c3cnn4C3CCCCO3)c21. The first kappa shape index (κ1) is 34.1. The number of hydrogen-bond acceptors (Lipinski definition) is 8. The zero-order valence-corrected chi connectivity index (χ0v) is 29.6. The third-order valence-electron chi connectivity index (χ3n) is 10.6. The van der Waals surface area contributed by atoms with Crippen LogP contribution in [0.4, 0.5) is 17.6 Å². The van der Waals surface area contributed by atoms with Crippen molar-refractivity contribution in [3.8, 4) is 23.1 Å². The first-order valence-corrected chi connectivity index (χ1v) is 17.9. The van der Waals surface area contributed by atoms with E-state index in [-0.39, 0.29) is 41.5 Å². The number of aryl methyl sites for hydroxylation is 2. The van der Waals surface area contributed by atoms with E-state index in [2.05, 4.69) is 15.0 Å². The molecular formula is C37H43F4N7O3. The van der Waals surface area contributed by atoms with Crippen LogP contribution in [-0.4, -0.2) is 77.8 Å². The maximum Gasteiger partial charge on any atom is 0.417 e. The van der Waals surface area contributed by atoms with Crippen LogP contribution in [0.1, 0.15) is 83.6 Å². The predicted octanol–water partition coefficient (Wildman–Crippen LogP) is 8.17. The van der Waals surface area contributed by atoms with Crippen molar-refractivity contribution >= 4 is 32.8 Å². The van der Waals surface area contributed by atoms with E-state index < -0.39 is 29.1 Å². The molecule has 272 valence electrons. The molecule has 0 bridgehead atoms. The summed E-state index contributed by atoms with van der Waals surface area (Å²) in [6.45, 7) is 11.4. The van der Waals surface area contributed by atoms with E-state index in [9.17, 15) is 4.39 Å². The number of alkyl halides is 4. The molecule has 0 aliphatic carbocycles. The van der Waals surface area contributed by atoms with Crippen LogP contribution >= 0.6 is 0 Å². The number of rotatable bonds is 7. The van der Waals surface area contributed by atoms with E-state index >= 15 is 13.2 Å². The quantitative estimate of drug-likeness (QED) is 0.156. The summed E-state index contributed by atoms with van der Waals surface area (Å²) >= 11 is 0. The van der Waals surface area contributed by atoms with Crippen LogP contribution < -0.4 is 9.47 Å². The maximum atomic E-state index is 15.1. The summed E-state index contributed by atoms with van der Waals surface area (Å²) in [6.07, 6.45) is 1.82. The molecule has 4 aromatic heterocycles. The molecule has 51 heavy (non-hydrogen) atoms. The second kappa shape index (κ2) is 12.3. The fourth-order valence-electron chi connectivity index (χ4n) is 8.52. The Morgan fingerprint density at radius 2 is 1.92 bits per heavy atom. The molecule has 0 radical (unpaired) electrons. The lowest BCUT2D eigenvalue weighted by Gasteiger charge is -2.30. The molecule has 3 aliphatic heterocycles. The van der Waals surface area contributed by atoms with Gasteiger partial charge in [-0.1, -0.05) is 0 Å². The number of halogens is 4. The molecule has 3 fully saturated rings. The Bertz CT molecular complexity index is 2130. The van der Waals surface area contributed by atoms with Crippen LogP contribution in [-0.2, 0) is 17.5 Å². The molecule has 3 aliphatic rings. The van der Waals surface area contributed by atoms with Crippen molar-refractivity contribution in [1.29, 1.82) is 0 Å². The Morgan fingerprint density at radius 3 is 2.65 bits per heavy atom. The van der Waals surface area contributed by atoms with Crippen LogP contribution in [0, 0.1) is 6.92 Å². The minimum absolute atomic E-state index is 0.0483. The number of aromatic nitrogens is 6. The molecule has 0 spiro atoms. The largest absolute Gasteiger partial charge is 0.471 e. The van der Waals surface area contributed by atoms with Gasteiger partial charge in [0.1, 0.15) is 18.4 Å². The maximum absolute atomic E-state index is 15.1. The molecule has 3 atom stereocenters. The Balaban J connectivity index is 1.35. The molecule has 3 saturated heterocycles. The second-order valence-corrected chi connectivity index (χ2v) is 15.2. The van der Waals surface area contributed by atoms with Gasteiger partial charge in [-0.15, -0.1) is 0 Å². The first-order chi connectivity index (χ1) is 24.3. The van der Waals surface area contributed by atoms with Gasteiger partial charge < -0.3 is 18.8 Å². The average Bonchev–Trinajstić information content (AvgIpc) is 3.81. The summed E-state index contributed by atoms with van der Waals surface area (Å²) in [5.41, 5.74) is -0.224. The normalized spacial score (nSPS) is 23.2. The van der Waals surface area contributed by atoms with Gasteiger partial charge >= 0.3 is 12.2 Å². The standard InChI is InChI=1S/C37H43F4N7O3/c1-6-47-31-23(28-32(47)44-34(45-33(28)51-35(3,4)5)50-20-36-12-9-14-46(36)19-22(38)17-36)11-13-42-30(31)27-24-18-43-48(26-10-7-8-15-49-26)25(24)16-21(2)29(27)37(39,40)41/h11,13,16,18,22,26H,6-10,12,14-15,17,19-20H2,1-5H3/t22-,26?,36+/m1/s1. The summed E-state index contributed by atoms with van der Waals surface area (Å²) in [5, 5.41) is 6.07. The topological polar surface area (TPSA) is 92.4 Å². The number of pyridine rings is 1. The van der Waals surface area contributed by atoms with E-state index in [0.29, 0.717) is 59.0 Å². The molecule has 1 aromatic carbocycles. The first-order valence-electron chi connectivity index (χ1n) is 17.9. The van der Waals surface area contributed by atoms with Crippen molar-refractivity contribution in [2.45, 2.75) is 109 Å². The number of benzene rings is 1. The highest BCUT2D eigenvalue weighted by Gasteiger charge is 2.49. The Hall–Kier alpha value is -4.04. The highest BCUT2D eigenvalue weighted by atomic mass is 19.4. The fourth-order valence-corrected chi connectivity index (χ4v) is 8.52. The fraction of sp³-hybridized carbons (Fsp3) is 0.568. The van der Waals surface area contributed by atoms with Gasteiger partial charge in [-0.3, -0.25) is 9.88 Å². The summed E-state index contributed by atoms with van der Waals surface area (Å²) in [4.78, 5) is 16.5. The van der Waals surface area contributed by atoms with E-state index in [4.69, 9.17) is 24.2 Å². The zero-order chi connectivity index (χ0) is 35.9. The zero-order valence-electron chi connectivity index (χ0n) is 29.6. The highest BCUT2D eigenvalue weighted by molar-refractivity contribution is 6.15. The van der Waals surface area contributed by atoms with E-state index in [1.165, 1.54) is 19.3 Å². The van der Waals surface area contributed by atoms with Gasteiger partial charge in [0.2, 0.25) is 5.88 Å². The van der Waals surface area contributed by atoms with Crippen LogP contribution in [0.2, 0.25) is 0 Å². The average molecular weight is 710 g/mol. The third-order valence-corrected chi connectivity index (χ3v) is 10.6. The molecule has 7 heterocycles. The van der Waals surface area contributed by atoms with E-state index in [1.54, 1.807) is 16.8 Å². The molecule has 0 saturated carbocycles. The lowest BCUT2D eigenvalue weighted by Crippen LogP contribution is -2.43. The molecule has 8 rings (SSSR count). The van der Waals surface area contributed by atoms with Gasteiger partial charge in [0.15, 0.2) is 11.9 Å². The summed E-state index contributed by atoms with van der Waals surface area (Å²) in [7, 11) is 0. The van der Waals surface area contributed by atoms with Gasteiger partial charge in [-0.2, -0.15) is 28.2 Å². The number of hydrogen-bond donors (Lipinski definition) is 0. The van der Waals surface area contributed by atoms with Crippen LogP contribution in [0.5, 0.6) is 11.9 Å². The predicted molar refractivity (Wildman–Crippen MR) is 185 cm³/mol. The van der Waals surface area contributed by atoms with Crippen molar-refractivity contribution in [2.24, 2.45) is 0 Å². The summed E-state index contributed by atoms with van der Waals surface area (Å²) in [5.74, 6) is 0.250. The van der Waals surface area contributed by atoms with E-state index in [1.807, 2.05) is 32.3 Å². The smallest absolute Gasteiger partial charge is 0.417 e. The van der Waals surface area contributed by atoms with Gasteiger partial charge in [0.05, 0.1) is 39.4 Å². The van der Waals surface area contributed by atoms with Gasteiger partial charge in [-0.05, 0) is 91.0 Å². The number of ether oxygens (including phenoxy) is 3. The van der Waals surface area contributed by atoms with Crippen molar-refractivity contribution in [3.05, 3.63) is 35.7 Å². The molecular weight excluding hydrogens is 666 g/mol. The Morgan fingerprint density at radius 1 is 1.10 bits per heavy atom. The molecule has 1 unspecified atom stereocenters. The molecule has 10 nitrogen and oxygen atoms in total. The molecule has 0 amide bonds. The lowest BCUT2D eigenvalue weighted by atomic mass is 9.94. The minimum atomic E-state index is -4.68. The number of fused-ring (bicyclic) bond motifs is 5. The van der Waals surface area contributed by atoms with Crippen molar-refractivity contribution in [3.63, 3.8) is 0 Å². The van der Waals surface area contributed by atoms with Crippen LogP contribution in [0.25, 0.3) is 44.1 Å². The summed E-state index contributed by atoms with van der Waals surface area (Å²) in [6, 6.07) is 3.38. The second-order valence-electron chi connectivity index (χ2n) is 15.2. The molecule has 0 N–H and O–H groups in total. The number of nitrogens with zero attached hydrogens (tertiary/aromatic N) is 7. The van der Waals surface area contributed by atoms with E-state index in [0.717, 1.165) is 38.6 Å². The molecule has 14 heteroatoms. The van der Waals surface area contributed by atoms with Gasteiger partial charge in [0.25, 0.3) is 0 Å².